The van der Waals surface area contributed by atoms with E-state index >= 15 is 0 Å². The van der Waals surface area contributed by atoms with Gasteiger partial charge in [0.05, 0.1) is 17.5 Å². The Hall–Kier alpha value is -4.33. The summed E-state index contributed by atoms with van der Waals surface area (Å²) < 4.78 is 12.9. The molecule has 0 bridgehead atoms. The number of nitrogens with one attached hydrogen (secondary N) is 3. The lowest BCUT2D eigenvalue weighted by Gasteiger charge is -2.11. The molecular weight excluding hydrogens is 399 g/mol. The Bertz CT molecular complexity index is 1130. The molecule has 3 aromatic carbocycles. The Morgan fingerprint density at radius 1 is 0.839 bits per heavy atom. The standard InChI is InChI=1S/C23H19FN4O3/c1-15-6-12-18(13-7-15)26-21(29)19-4-2-3-5-20(19)27-22(30)23(31)28-25-14-16-8-10-17(24)11-9-16/h2-14H,1H3,(H,26,29)(H,27,30)(H,28,31)/b25-14+. The van der Waals surface area contributed by atoms with Gasteiger partial charge in [0.25, 0.3) is 5.91 Å². The molecule has 7 nitrogen and oxygen atoms in total. The van der Waals surface area contributed by atoms with Crippen LogP contribution < -0.4 is 16.1 Å². The van der Waals surface area contributed by atoms with Gasteiger partial charge in [0, 0.05) is 5.69 Å². The molecule has 3 N–H and O–H groups in total. The summed E-state index contributed by atoms with van der Waals surface area (Å²) in [5.74, 6) is -2.85. The van der Waals surface area contributed by atoms with Crippen molar-refractivity contribution in [2.24, 2.45) is 5.10 Å². The van der Waals surface area contributed by atoms with Crippen LogP contribution in [0.3, 0.4) is 0 Å². The molecule has 8 heteroatoms. The van der Waals surface area contributed by atoms with Crippen molar-refractivity contribution < 1.29 is 18.8 Å². The van der Waals surface area contributed by atoms with E-state index < -0.39 is 23.5 Å². The summed E-state index contributed by atoms with van der Waals surface area (Å²) in [6.45, 7) is 1.94. The van der Waals surface area contributed by atoms with E-state index in [-0.39, 0.29) is 11.3 Å². The summed E-state index contributed by atoms with van der Waals surface area (Å²) in [5.41, 5.74) is 4.65. The highest BCUT2D eigenvalue weighted by Crippen LogP contribution is 2.18. The van der Waals surface area contributed by atoms with Gasteiger partial charge < -0.3 is 10.6 Å². The lowest BCUT2D eigenvalue weighted by atomic mass is 10.1. The van der Waals surface area contributed by atoms with Gasteiger partial charge in [-0.1, -0.05) is 42.0 Å². The van der Waals surface area contributed by atoms with E-state index in [0.717, 1.165) is 5.56 Å². The van der Waals surface area contributed by atoms with E-state index in [9.17, 15) is 18.8 Å². The average Bonchev–Trinajstić information content (AvgIpc) is 2.77. The van der Waals surface area contributed by atoms with Crippen LogP contribution in [0.15, 0.2) is 77.9 Å². The largest absolute Gasteiger partial charge is 0.329 e. The van der Waals surface area contributed by atoms with E-state index in [1.165, 1.54) is 42.6 Å². The van der Waals surface area contributed by atoms with Gasteiger partial charge in [0.2, 0.25) is 0 Å². The molecule has 156 valence electrons. The maximum Gasteiger partial charge on any atom is 0.329 e. The third-order valence-electron chi connectivity index (χ3n) is 4.19. The zero-order valence-electron chi connectivity index (χ0n) is 16.6. The number of carbonyl (C=O) groups is 3. The van der Waals surface area contributed by atoms with Crippen molar-refractivity contribution in [1.82, 2.24) is 5.43 Å². The average molecular weight is 418 g/mol. The second-order valence-corrected chi connectivity index (χ2v) is 6.57. The van der Waals surface area contributed by atoms with Crippen molar-refractivity contribution in [3.63, 3.8) is 0 Å². The number of hydrogen-bond donors (Lipinski definition) is 3. The van der Waals surface area contributed by atoms with E-state index in [4.69, 9.17) is 0 Å². The number of benzene rings is 3. The second kappa shape index (κ2) is 9.93. The van der Waals surface area contributed by atoms with Crippen molar-refractivity contribution >= 4 is 35.3 Å². The lowest BCUT2D eigenvalue weighted by molar-refractivity contribution is -0.136. The Morgan fingerprint density at radius 2 is 1.52 bits per heavy atom. The minimum atomic E-state index is -1.02. The molecule has 0 spiro atoms. The van der Waals surface area contributed by atoms with Crippen LogP contribution in [0.1, 0.15) is 21.5 Å². The highest BCUT2D eigenvalue weighted by molar-refractivity contribution is 6.40. The predicted octanol–water partition coefficient (Wildman–Crippen LogP) is 3.48. The first-order valence-electron chi connectivity index (χ1n) is 9.29. The summed E-state index contributed by atoms with van der Waals surface area (Å²) in [6, 6.07) is 19.0. The fraction of sp³-hybridized carbons (Fsp3) is 0.0435. The molecule has 0 aliphatic carbocycles. The topological polar surface area (TPSA) is 99.7 Å². The van der Waals surface area contributed by atoms with Crippen LogP contribution in [-0.4, -0.2) is 23.9 Å². The minimum Gasteiger partial charge on any atom is -0.322 e. The van der Waals surface area contributed by atoms with Crippen molar-refractivity contribution in [3.05, 3.63) is 95.3 Å². The number of carbonyl (C=O) groups excluding carboxylic acids is 3. The number of rotatable bonds is 5. The van der Waals surface area contributed by atoms with Crippen LogP contribution in [0.4, 0.5) is 15.8 Å². The molecule has 0 heterocycles. The number of nitrogens with zero attached hydrogens (tertiary/aromatic N) is 1. The monoisotopic (exact) mass is 418 g/mol. The highest BCUT2D eigenvalue weighted by Gasteiger charge is 2.17. The fourth-order valence-electron chi connectivity index (χ4n) is 2.57. The van der Waals surface area contributed by atoms with Crippen molar-refractivity contribution in [1.29, 1.82) is 0 Å². The number of anilines is 2. The number of hydrogen-bond acceptors (Lipinski definition) is 4. The highest BCUT2D eigenvalue weighted by atomic mass is 19.1. The van der Waals surface area contributed by atoms with Gasteiger partial charge in [0.1, 0.15) is 5.82 Å². The Kier molecular flexibility index (Phi) is 6.85. The molecule has 0 saturated heterocycles. The Labute approximate surface area is 178 Å². The maximum atomic E-state index is 12.9. The van der Waals surface area contributed by atoms with Gasteiger partial charge in [-0.05, 0) is 48.9 Å². The van der Waals surface area contributed by atoms with Crippen LogP contribution >= 0.6 is 0 Å². The van der Waals surface area contributed by atoms with Gasteiger partial charge in [0.15, 0.2) is 0 Å². The third kappa shape index (κ3) is 6.07. The van der Waals surface area contributed by atoms with Gasteiger partial charge >= 0.3 is 11.8 Å². The van der Waals surface area contributed by atoms with Gasteiger partial charge in [-0.25, -0.2) is 9.82 Å². The van der Waals surface area contributed by atoms with Crippen molar-refractivity contribution in [2.75, 3.05) is 10.6 Å². The molecule has 0 aromatic heterocycles. The second-order valence-electron chi connectivity index (χ2n) is 6.57. The fourth-order valence-corrected chi connectivity index (χ4v) is 2.57. The van der Waals surface area contributed by atoms with Gasteiger partial charge in [-0.15, -0.1) is 0 Å². The first-order chi connectivity index (χ1) is 14.9. The van der Waals surface area contributed by atoms with Crippen LogP contribution in [0, 0.1) is 12.7 Å². The molecule has 0 aliphatic heterocycles. The molecule has 0 atom stereocenters. The molecule has 3 aromatic rings. The van der Waals surface area contributed by atoms with Crippen LogP contribution in [0.2, 0.25) is 0 Å². The minimum absolute atomic E-state index is 0.176. The molecule has 0 saturated carbocycles. The number of aryl methyl sites for hydroxylation is 1. The summed E-state index contributed by atoms with van der Waals surface area (Å²) in [7, 11) is 0. The van der Waals surface area contributed by atoms with Crippen molar-refractivity contribution in [2.45, 2.75) is 6.92 Å². The lowest BCUT2D eigenvalue weighted by Crippen LogP contribution is -2.33. The maximum absolute atomic E-state index is 12.9. The normalized spacial score (nSPS) is 10.5. The molecule has 0 radical (unpaired) electrons. The first-order valence-corrected chi connectivity index (χ1v) is 9.29. The number of hydrazone groups is 1. The third-order valence-corrected chi connectivity index (χ3v) is 4.19. The van der Waals surface area contributed by atoms with Crippen LogP contribution in [-0.2, 0) is 9.59 Å². The van der Waals surface area contributed by atoms with Gasteiger partial charge in [-0.2, -0.15) is 5.10 Å². The molecule has 0 unspecified atom stereocenters. The zero-order valence-corrected chi connectivity index (χ0v) is 16.6. The van der Waals surface area contributed by atoms with Crippen molar-refractivity contribution in [3.8, 4) is 0 Å². The summed E-state index contributed by atoms with van der Waals surface area (Å²) in [4.78, 5) is 36.8. The molecule has 31 heavy (non-hydrogen) atoms. The zero-order chi connectivity index (χ0) is 22.2. The first kappa shape index (κ1) is 21.4. The SMILES string of the molecule is Cc1ccc(NC(=O)c2ccccc2NC(=O)C(=O)N/N=C/c2ccc(F)cc2)cc1. The predicted molar refractivity (Wildman–Crippen MR) is 116 cm³/mol. The Morgan fingerprint density at radius 3 is 2.23 bits per heavy atom. The quantitative estimate of drug-likeness (QED) is 0.336. The molecular formula is C23H19FN4O3. The van der Waals surface area contributed by atoms with E-state index in [0.29, 0.717) is 11.3 Å². The Balaban J connectivity index is 1.63. The van der Waals surface area contributed by atoms with E-state index in [2.05, 4.69) is 21.2 Å². The summed E-state index contributed by atoms with van der Waals surface area (Å²) >= 11 is 0. The molecule has 0 fully saturated rings. The molecule has 0 aliphatic rings. The van der Waals surface area contributed by atoms with Crippen LogP contribution in [0.25, 0.3) is 0 Å². The number of halogens is 1. The number of amides is 3. The summed E-state index contributed by atoms with van der Waals surface area (Å²) in [6.07, 6.45) is 1.27. The molecule has 3 amide bonds. The van der Waals surface area contributed by atoms with Gasteiger partial charge in [-0.3, -0.25) is 14.4 Å². The smallest absolute Gasteiger partial charge is 0.322 e. The number of para-hydroxylation sites is 1. The van der Waals surface area contributed by atoms with E-state index in [1.54, 1.807) is 24.3 Å². The van der Waals surface area contributed by atoms with E-state index in [1.807, 2.05) is 19.1 Å². The summed E-state index contributed by atoms with van der Waals surface area (Å²) in [5, 5.41) is 8.82. The molecule has 3 rings (SSSR count). The van der Waals surface area contributed by atoms with Crippen LogP contribution in [0.5, 0.6) is 0 Å².